The molecule has 2 heterocycles. The second-order valence-electron chi connectivity index (χ2n) is 7.44. The van der Waals surface area contributed by atoms with Crippen molar-refractivity contribution in [2.45, 2.75) is 30.6 Å². The van der Waals surface area contributed by atoms with Gasteiger partial charge in [0, 0.05) is 32.1 Å². The van der Waals surface area contributed by atoms with Crippen LogP contribution in [0.1, 0.15) is 31.2 Å². The van der Waals surface area contributed by atoms with Crippen LogP contribution >= 0.6 is 0 Å². The van der Waals surface area contributed by atoms with Crippen LogP contribution in [0, 0.1) is 23.2 Å². The molecule has 0 bridgehead atoms. The van der Waals surface area contributed by atoms with Crippen LogP contribution in [0.15, 0.2) is 29.2 Å². The number of esters is 1. The quantitative estimate of drug-likeness (QED) is 0.682. The maximum Gasteiger partial charge on any atom is 0.308 e. The highest BCUT2D eigenvalue weighted by molar-refractivity contribution is 7.89. The molecule has 9 heteroatoms. The first-order valence-corrected chi connectivity index (χ1v) is 11.2. The minimum Gasteiger partial charge on any atom is -0.469 e. The first-order chi connectivity index (χ1) is 13.9. The lowest BCUT2D eigenvalue weighted by Crippen LogP contribution is -2.47. The number of nitrogens with zero attached hydrogens (tertiary/aromatic N) is 3. The van der Waals surface area contributed by atoms with Crippen molar-refractivity contribution < 1.29 is 22.7 Å². The standard InChI is InChI=1S/C20H25N3O5S/c1-28-20(25)17-6-10-22(11-7-17)19(24)16-8-12-23(13-9-16)29(26,27)18-4-2-15(14-21)3-5-18/h2-5,16-17H,6-13H2,1H3. The molecule has 0 N–H and O–H groups in total. The Labute approximate surface area is 171 Å². The van der Waals surface area contributed by atoms with E-state index in [-0.39, 0.29) is 41.7 Å². The van der Waals surface area contributed by atoms with Gasteiger partial charge in [0.1, 0.15) is 0 Å². The van der Waals surface area contributed by atoms with Gasteiger partial charge in [0.25, 0.3) is 0 Å². The zero-order valence-electron chi connectivity index (χ0n) is 16.4. The van der Waals surface area contributed by atoms with E-state index in [0.717, 1.165) is 0 Å². The van der Waals surface area contributed by atoms with Crippen molar-refractivity contribution in [3.8, 4) is 6.07 Å². The summed E-state index contributed by atoms with van der Waals surface area (Å²) in [6.07, 6.45) is 2.16. The Bertz CT molecular complexity index is 891. The van der Waals surface area contributed by atoms with Gasteiger partial charge in [-0.25, -0.2) is 8.42 Å². The molecule has 2 aliphatic heterocycles. The Morgan fingerprint density at radius 1 is 1.00 bits per heavy atom. The van der Waals surface area contributed by atoms with Crippen molar-refractivity contribution in [2.75, 3.05) is 33.3 Å². The fraction of sp³-hybridized carbons (Fsp3) is 0.550. The third-order valence-corrected chi connectivity index (χ3v) is 7.68. The van der Waals surface area contributed by atoms with Gasteiger partial charge in [-0.2, -0.15) is 9.57 Å². The summed E-state index contributed by atoms with van der Waals surface area (Å²) in [6, 6.07) is 7.83. The van der Waals surface area contributed by atoms with Crippen LogP contribution in [0.4, 0.5) is 0 Å². The number of benzene rings is 1. The highest BCUT2D eigenvalue weighted by Crippen LogP contribution is 2.27. The molecule has 29 heavy (non-hydrogen) atoms. The van der Waals surface area contributed by atoms with E-state index < -0.39 is 10.0 Å². The van der Waals surface area contributed by atoms with E-state index in [1.807, 2.05) is 6.07 Å². The average molecular weight is 420 g/mol. The molecule has 1 amide bonds. The summed E-state index contributed by atoms with van der Waals surface area (Å²) in [5.74, 6) is -0.525. The lowest BCUT2D eigenvalue weighted by atomic mass is 9.92. The van der Waals surface area contributed by atoms with Gasteiger partial charge >= 0.3 is 5.97 Å². The number of nitriles is 1. The van der Waals surface area contributed by atoms with Gasteiger partial charge in [-0.3, -0.25) is 9.59 Å². The topological polar surface area (TPSA) is 108 Å². The van der Waals surface area contributed by atoms with Crippen LogP contribution in [-0.4, -0.2) is 62.8 Å². The number of hydrogen-bond donors (Lipinski definition) is 0. The van der Waals surface area contributed by atoms with Gasteiger partial charge in [0.05, 0.1) is 29.6 Å². The van der Waals surface area contributed by atoms with Crippen molar-refractivity contribution in [3.63, 3.8) is 0 Å². The lowest BCUT2D eigenvalue weighted by Gasteiger charge is -2.36. The molecule has 1 aromatic carbocycles. The number of likely N-dealkylation sites (tertiary alicyclic amines) is 1. The minimum atomic E-state index is -3.63. The number of ether oxygens (including phenoxy) is 1. The molecule has 156 valence electrons. The lowest BCUT2D eigenvalue weighted by molar-refractivity contribution is -0.149. The van der Waals surface area contributed by atoms with Gasteiger partial charge in [-0.15, -0.1) is 0 Å². The molecule has 0 aromatic heterocycles. The predicted octanol–water partition coefficient (Wildman–Crippen LogP) is 1.37. The third kappa shape index (κ3) is 4.60. The third-order valence-electron chi connectivity index (χ3n) is 5.77. The monoisotopic (exact) mass is 419 g/mol. The largest absolute Gasteiger partial charge is 0.469 e. The van der Waals surface area contributed by atoms with Crippen molar-refractivity contribution in [3.05, 3.63) is 29.8 Å². The highest BCUT2D eigenvalue weighted by Gasteiger charge is 2.35. The maximum absolute atomic E-state index is 12.8. The van der Waals surface area contributed by atoms with Gasteiger partial charge in [0.2, 0.25) is 15.9 Å². The van der Waals surface area contributed by atoms with E-state index in [2.05, 4.69) is 0 Å². The molecule has 2 saturated heterocycles. The fourth-order valence-electron chi connectivity index (χ4n) is 3.95. The van der Waals surface area contributed by atoms with Crippen LogP contribution < -0.4 is 0 Å². The molecule has 0 saturated carbocycles. The molecule has 0 atom stereocenters. The van der Waals surface area contributed by atoms with Gasteiger partial charge in [0.15, 0.2) is 0 Å². The number of amides is 1. The van der Waals surface area contributed by atoms with Crippen molar-refractivity contribution in [1.82, 2.24) is 9.21 Å². The number of sulfonamides is 1. The molecule has 2 fully saturated rings. The molecule has 2 aliphatic rings. The predicted molar refractivity (Wildman–Crippen MR) is 104 cm³/mol. The van der Waals surface area contributed by atoms with E-state index in [1.54, 1.807) is 4.90 Å². The zero-order valence-corrected chi connectivity index (χ0v) is 17.2. The summed E-state index contributed by atoms with van der Waals surface area (Å²) in [5.41, 5.74) is 0.407. The first kappa shape index (κ1) is 21.3. The molecular formula is C20H25N3O5S. The molecular weight excluding hydrogens is 394 g/mol. The smallest absolute Gasteiger partial charge is 0.308 e. The molecule has 8 nitrogen and oxygen atoms in total. The Balaban J connectivity index is 1.55. The van der Waals surface area contributed by atoms with Crippen LogP contribution in [-0.2, 0) is 24.3 Å². The summed E-state index contributed by atoms with van der Waals surface area (Å²) in [6.45, 7) is 1.64. The Kier molecular flexibility index (Phi) is 6.55. The first-order valence-electron chi connectivity index (χ1n) is 9.73. The van der Waals surface area contributed by atoms with E-state index >= 15 is 0 Å². The highest BCUT2D eigenvalue weighted by atomic mass is 32.2. The van der Waals surface area contributed by atoms with Gasteiger partial charge in [-0.05, 0) is 49.9 Å². The summed E-state index contributed by atoms with van der Waals surface area (Å²) in [7, 11) is -2.26. The van der Waals surface area contributed by atoms with E-state index in [4.69, 9.17) is 10.00 Å². The molecule has 0 spiro atoms. The number of hydrogen-bond acceptors (Lipinski definition) is 6. The minimum absolute atomic E-state index is 0.0451. The number of methoxy groups -OCH3 is 1. The van der Waals surface area contributed by atoms with E-state index in [1.165, 1.54) is 35.7 Å². The average Bonchev–Trinajstić information content (AvgIpc) is 2.78. The second-order valence-corrected chi connectivity index (χ2v) is 9.38. The van der Waals surface area contributed by atoms with Crippen molar-refractivity contribution in [2.24, 2.45) is 11.8 Å². The van der Waals surface area contributed by atoms with Gasteiger partial charge < -0.3 is 9.64 Å². The molecule has 0 unspecified atom stereocenters. The molecule has 0 radical (unpaired) electrons. The maximum atomic E-state index is 12.8. The summed E-state index contributed by atoms with van der Waals surface area (Å²) < 4.78 is 31.8. The molecule has 1 aromatic rings. The summed E-state index contributed by atoms with van der Waals surface area (Å²) >= 11 is 0. The molecule has 3 rings (SSSR count). The number of rotatable bonds is 4. The number of carbonyl (C=O) groups excluding carboxylic acids is 2. The van der Waals surface area contributed by atoms with Gasteiger partial charge in [-0.1, -0.05) is 0 Å². The van der Waals surface area contributed by atoms with Crippen LogP contribution in [0.3, 0.4) is 0 Å². The van der Waals surface area contributed by atoms with E-state index in [0.29, 0.717) is 44.3 Å². The number of piperidine rings is 2. The normalized spacial score (nSPS) is 19.5. The SMILES string of the molecule is COC(=O)C1CCN(C(=O)C2CCN(S(=O)(=O)c3ccc(C#N)cc3)CC2)CC1. The Morgan fingerprint density at radius 2 is 1.55 bits per heavy atom. The van der Waals surface area contributed by atoms with Crippen LogP contribution in [0.2, 0.25) is 0 Å². The summed E-state index contributed by atoms with van der Waals surface area (Å²) in [5, 5.41) is 8.85. The van der Waals surface area contributed by atoms with Crippen LogP contribution in [0.5, 0.6) is 0 Å². The summed E-state index contributed by atoms with van der Waals surface area (Å²) in [4.78, 5) is 26.4. The zero-order chi connectivity index (χ0) is 21.0. The number of carbonyl (C=O) groups is 2. The fourth-order valence-corrected chi connectivity index (χ4v) is 5.42. The van der Waals surface area contributed by atoms with E-state index in [9.17, 15) is 18.0 Å². The van der Waals surface area contributed by atoms with Crippen LogP contribution in [0.25, 0.3) is 0 Å². The van der Waals surface area contributed by atoms with Crippen molar-refractivity contribution >= 4 is 21.9 Å². The second kappa shape index (κ2) is 8.93. The molecule has 0 aliphatic carbocycles. The Morgan fingerprint density at radius 3 is 2.07 bits per heavy atom. The van der Waals surface area contributed by atoms with Crippen molar-refractivity contribution in [1.29, 1.82) is 5.26 Å². The Hall–Kier alpha value is -2.44.